The molecule has 0 aromatic heterocycles. The average molecular weight is 289 g/mol. The van der Waals surface area contributed by atoms with E-state index >= 15 is 0 Å². The summed E-state index contributed by atoms with van der Waals surface area (Å²) in [6.07, 6.45) is 0.663. The van der Waals surface area contributed by atoms with Gasteiger partial charge in [-0.2, -0.15) is 0 Å². The molecule has 0 aliphatic heterocycles. The lowest BCUT2D eigenvalue weighted by molar-refractivity contribution is 0.305. The molecule has 0 bridgehead atoms. The first-order valence-corrected chi connectivity index (χ1v) is 6.83. The van der Waals surface area contributed by atoms with Gasteiger partial charge in [0, 0.05) is 17.9 Å². The van der Waals surface area contributed by atoms with Crippen LogP contribution in [-0.4, -0.2) is 5.88 Å². The average Bonchev–Trinajstić information content (AvgIpc) is 2.46. The van der Waals surface area contributed by atoms with Crippen molar-refractivity contribution in [1.82, 2.24) is 0 Å². The molecule has 0 heterocycles. The molecule has 0 aliphatic carbocycles. The van der Waals surface area contributed by atoms with E-state index in [4.69, 9.17) is 16.3 Å². The number of alkyl halides is 1. The Bertz CT molecular complexity index is 628. The number of hydrogen-bond donors (Lipinski definition) is 0. The van der Waals surface area contributed by atoms with Crippen molar-refractivity contribution >= 4 is 11.6 Å². The molecule has 0 N–H and O–H groups in total. The van der Waals surface area contributed by atoms with Gasteiger partial charge in [-0.05, 0) is 35.9 Å². The fraction of sp³-hybridized carbons (Fsp3) is 0.176. The second-order valence-electron chi connectivity index (χ2n) is 4.19. The fourth-order valence-electron chi connectivity index (χ4n) is 1.67. The van der Waals surface area contributed by atoms with Crippen LogP contribution in [0, 0.1) is 17.7 Å². The topological polar surface area (TPSA) is 9.23 Å². The molecule has 3 heteroatoms. The molecular formula is C17H14ClFO. The largest absolute Gasteiger partial charge is 0.489 e. The molecule has 2 aromatic rings. The maximum absolute atomic E-state index is 13.0. The highest BCUT2D eigenvalue weighted by Gasteiger charge is 1.98. The summed E-state index contributed by atoms with van der Waals surface area (Å²) in [5.74, 6) is 6.98. The smallest absolute Gasteiger partial charge is 0.123 e. The Morgan fingerprint density at radius 1 is 1.10 bits per heavy atom. The predicted molar refractivity (Wildman–Crippen MR) is 79.4 cm³/mol. The summed E-state index contributed by atoms with van der Waals surface area (Å²) < 4.78 is 18.7. The van der Waals surface area contributed by atoms with Gasteiger partial charge in [-0.25, -0.2) is 4.39 Å². The summed E-state index contributed by atoms with van der Waals surface area (Å²) in [6.45, 7) is 0.330. The van der Waals surface area contributed by atoms with Crippen LogP contribution in [0.1, 0.15) is 17.5 Å². The van der Waals surface area contributed by atoms with E-state index in [1.54, 1.807) is 6.07 Å². The lowest BCUT2D eigenvalue weighted by atomic mass is 10.2. The van der Waals surface area contributed by atoms with Crippen LogP contribution in [0.2, 0.25) is 0 Å². The normalized spacial score (nSPS) is 9.70. The summed E-state index contributed by atoms with van der Waals surface area (Å²) in [6, 6.07) is 13.9. The molecule has 2 rings (SSSR count). The van der Waals surface area contributed by atoms with Crippen LogP contribution in [0.5, 0.6) is 5.75 Å². The molecule has 0 saturated carbocycles. The van der Waals surface area contributed by atoms with E-state index in [1.807, 2.05) is 30.3 Å². The van der Waals surface area contributed by atoms with E-state index in [2.05, 4.69) is 11.8 Å². The van der Waals surface area contributed by atoms with E-state index in [0.717, 1.165) is 11.1 Å². The van der Waals surface area contributed by atoms with Crippen LogP contribution in [0.15, 0.2) is 48.5 Å². The summed E-state index contributed by atoms with van der Waals surface area (Å²) in [7, 11) is 0. The van der Waals surface area contributed by atoms with Gasteiger partial charge < -0.3 is 4.74 Å². The van der Waals surface area contributed by atoms with Crippen molar-refractivity contribution in [2.24, 2.45) is 0 Å². The first kappa shape index (κ1) is 14.4. The SMILES string of the molecule is Fc1cccc(COc2cccc(C#CCCCl)c2)c1. The van der Waals surface area contributed by atoms with E-state index in [1.165, 1.54) is 12.1 Å². The van der Waals surface area contributed by atoms with Gasteiger partial charge in [0.2, 0.25) is 0 Å². The first-order valence-electron chi connectivity index (χ1n) is 6.30. The third kappa shape index (κ3) is 4.60. The van der Waals surface area contributed by atoms with E-state index in [9.17, 15) is 4.39 Å². The molecule has 0 amide bonds. The van der Waals surface area contributed by atoms with Crippen LogP contribution in [0.25, 0.3) is 0 Å². The van der Waals surface area contributed by atoms with Gasteiger partial charge in [0.1, 0.15) is 18.2 Å². The molecule has 0 fully saturated rings. The third-order valence-electron chi connectivity index (χ3n) is 2.58. The van der Waals surface area contributed by atoms with Crippen LogP contribution >= 0.6 is 11.6 Å². The predicted octanol–water partition coefficient (Wildman–Crippen LogP) is 4.39. The highest BCUT2D eigenvalue weighted by atomic mass is 35.5. The fourth-order valence-corrected chi connectivity index (χ4v) is 1.76. The van der Waals surface area contributed by atoms with E-state index in [-0.39, 0.29) is 5.82 Å². The van der Waals surface area contributed by atoms with Crippen molar-refractivity contribution in [2.45, 2.75) is 13.0 Å². The van der Waals surface area contributed by atoms with Crippen molar-refractivity contribution in [3.8, 4) is 17.6 Å². The Balaban J connectivity index is 2.00. The minimum absolute atomic E-state index is 0.258. The monoisotopic (exact) mass is 288 g/mol. The van der Waals surface area contributed by atoms with Gasteiger partial charge in [-0.15, -0.1) is 11.6 Å². The minimum Gasteiger partial charge on any atom is -0.489 e. The Hall–Kier alpha value is -1.98. The number of rotatable bonds is 4. The zero-order valence-electron chi connectivity index (χ0n) is 10.9. The third-order valence-corrected chi connectivity index (χ3v) is 2.77. The number of hydrogen-bond acceptors (Lipinski definition) is 1. The first-order chi connectivity index (χ1) is 9.78. The molecule has 0 unspecified atom stereocenters. The zero-order valence-corrected chi connectivity index (χ0v) is 11.7. The lowest BCUT2D eigenvalue weighted by Gasteiger charge is -2.06. The molecule has 1 nitrogen and oxygen atoms in total. The minimum atomic E-state index is -0.258. The lowest BCUT2D eigenvalue weighted by Crippen LogP contribution is -1.96. The molecular weight excluding hydrogens is 275 g/mol. The standard InChI is InChI=1S/C17H14ClFO/c18-10-2-1-5-14-6-4-9-17(12-14)20-13-15-7-3-8-16(19)11-15/h3-4,6-9,11-12H,2,10,13H2. The van der Waals surface area contributed by atoms with Gasteiger partial charge >= 0.3 is 0 Å². The maximum atomic E-state index is 13.0. The molecule has 0 spiro atoms. The highest BCUT2D eigenvalue weighted by Crippen LogP contribution is 2.15. The summed E-state index contributed by atoms with van der Waals surface area (Å²) in [5.41, 5.74) is 1.68. The molecule has 0 atom stereocenters. The maximum Gasteiger partial charge on any atom is 0.123 e. The van der Waals surface area contributed by atoms with E-state index in [0.29, 0.717) is 24.7 Å². The van der Waals surface area contributed by atoms with Crippen molar-refractivity contribution in [3.63, 3.8) is 0 Å². The Kier molecular flexibility index (Phi) is 5.46. The second kappa shape index (κ2) is 7.57. The molecule has 0 radical (unpaired) electrons. The number of ether oxygens (including phenoxy) is 1. The van der Waals surface area contributed by atoms with Gasteiger partial charge in [0.25, 0.3) is 0 Å². The van der Waals surface area contributed by atoms with Crippen LogP contribution in [0.4, 0.5) is 4.39 Å². The van der Waals surface area contributed by atoms with Crippen molar-refractivity contribution in [3.05, 3.63) is 65.5 Å². The zero-order chi connectivity index (χ0) is 14.2. The quantitative estimate of drug-likeness (QED) is 0.599. The molecule has 0 saturated heterocycles. The van der Waals surface area contributed by atoms with Gasteiger partial charge in [0.05, 0.1) is 0 Å². The van der Waals surface area contributed by atoms with Gasteiger partial charge in [0.15, 0.2) is 0 Å². The van der Waals surface area contributed by atoms with Crippen LogP contribution in [-0.2, 0) is 6.61 Å². The van der Waals surface area contributed by atoms with Crippen molar-refractivity contribution < 1.29 is 9.13 Å². The van der Waals surface area contributed by atoms with Gasteiger partial charge in [-0.3, -0.25) is 0 Å². The van der Waals surface area contributed by atoms with Crippen molar-refractivity contribution in [2.75, 3.05) is 5.88 Å². The van der Waals surface area contributed by atoms with Crippen LogP contribution < -0.4 is 4.74 Å². The second-order valence-corrected chi connectivity index (χ2v) is 4.57. The molecule has 0 aliphatic rings. The summed E-state index contributed by atoms with van der Waals surface area (Å²) in [4.78, 5) is 0. The van der Waals surface area contributed by atoms with E-state index < -0.39 is 0 Å². The van der Waals surface area contributed by atoms with Crippen LogP contribution in [0.3, 0.4) is 0 Å². The number of benzene rings is 2. The molecule has 2 aromatic carbocycles. The molecule has 20 heavy (non-hydrogen) atoms. The highest BCUT2D eigenvalue weighted by molar-refractivity contribution is 6.18. The Labute approximate surface area is 123 Å². The number of halogens is 2. The molecule has 102 valence electrons. The van der Waals surface area contributed by atoms with Crippen molar-refractivity contribution in [1.29, 1.82) is 0 Å². The summed E-state index contributed by atoms with van der Waals surface area (Å²) >= 11 is 5.57. The Morgan fingerprint density at radius 3 is 2.75 bits per heavy atom. The van der Waals surface area contributed by atoms with Gasteiger partial charge in [-0.1, -0.05) is 30.0 Å². The summed E-state index contributed by atoms with van der Waals surface area (Å²) in [5, 5.41) is 0. The Morgan fingerprint density at radius 2 is 1.95 bits per heavy atom.